The van der Waals surface area contributed by atoms with Crippen molar-refractivity contribution in [1.82, 2.24) is 4.98 Å². The third-order valence-electron chi connectivity index (χ3n) is 4.33. The molecule has 0 radical (unpaired) electrons. The lowest BCUT2D eigenvalue weighted by Gasteiger charge is -2.24. The summed E-state index contributed by atoms with van der Waals surface area (Å²) >= 11 is 0. The Labute approximate surface area is 183 Å². The Morgan fingerprint density at radius 3 is 2.09 bits per heavy atom. The van der Waals surface area contributed by atoms with Crippen LogP contribution in [-0.2, 0) is 16.8 Å². The SMILES string of the molecule is CC(C)(C)c1ccc(N(Cc2cccnc2)C(=O)c2ccco2)cc1.O=C(O)C(F)(F)F. The van der Waals surface area contributed by atoms with Crippen LogP contribution in [-0.4, -0.2) is 28.1 Å². The van der Waals surface area contributed by atoms with Crippen molar-refractivity contribution in [3.63, 3.8) is 0 Å². The van der Waals surface area contributed by atoms with Gasteiger partial charge in [-0.05, 0) is 46.9 Å². The lowest BCUT2D eigenvalue weighted by Crippen LogP contribution is -2.30. The highest BCUT2D eigenvalue weighted by Gasteiger charge is 2.38. The molecule has 3 rings (SSSR count). The normalized spacial score (nSPS) is 11.3. The predicted octanol–water partition coefficient (Wildman–Crippen LogP) is 5.45. The maximum Gasteiger partial charge on any atom is 0.490 e. The number of nitrogens with zero attached hydrogens (tertiary/aromatic N) is 2. The zero-order valence-corrected chi connectivity index (χ0v) is 17.8. The molecule has 2 heterocycles. The predicted molar refractivity (Wildman–Crippen MR) is 112 cm³/mol. The highest BCUT2D eigenvalue weighted by molar-refractivity contribution is 6.04. The molecule has 1 amide bonds. The number of pyridine rings is 1. The molecule has 9 heteroatoms. The molecule has 3 aromatic rings. The number of carboxylic acids is 1. The molecular weight excluding hydrogens is 425 g/mol. The van der Waals surface area contributed by atoms with E-state index in [-0.39, 0.29) is 11.3 Å². The molecule has 2 aromatic heterocycles. The van der Waals surface area contributed by atoms with Gasteiger partial charge in [0.15, 0.2) is 5.76 Å². The minimum absolute atomic E-state index is 0.0672. The van der Waals surface area contributed by atoms with Crippen molar-refractivity contribution in [3.8, 4) is 0 Å². The number of aromatic nitrogens is 1. The number of carboxylic acid groups (broad SMARTS) is 1. The van der Waals surface area contributed by atoms with Crippen LogP contribution in [0.5, 0.6) is 0 Å². The van der Waals surface area contributed by atoms with E-state index in [2.05, 4.69) is 37.9 Å². The van der Waals surface area contributed by atoms with Gasteiger partial charge in [-0.1, -0.05) is 39.0 Å². The van der Waals surface area contributed by atoms with Gasteiger partial charge in [0.2, 0.25) is 0 Å². The number of hydrogen-bond donors (Lipinski definition) is 1. The van der Waals surface area contributed by atoms with Crippen LogP contribution in [0.1, 0.15) is 42.5 Å². The van der Waals surface area contributed by atoms with Gasteiger partial charge < -0.3 is 14.4 Å². The van der Waals surface area contributed by atoms with Crippen LogP contribution in [0.25, 0.3) is 0 Å². The van der Waals surface area contributed by atoms with Gasteiger partial charge in [-0.15, -0.1) is 0 Å². The van der Waals surface area contributed by atoms with E-state index in [0.29, 0.717) is 12.3 Å². The number of anilines is 1. The smallest absolute Gasteiger partial charge is 0.475 e. The summed E-state index contributed by atoms with van der Waals surface area (Å²) in [6.07, 6.45) is -0.0789. The van der Waals surface area contributed by atoms with Crippen molar-refractivity contribution in [2.45, 2.75) is 38.9 Å². The van der Waals surface area contributed by atoms with Gasteiger partial charge in [-0.25, -0.2) is 4.79 Å². The number of carbonyl (C=O) groups is 2. The summed E-state index contributed by atoms with van der Waals surface area (Å²) in [6, 6.07) is 15.3. The summed E-state index contributed by atoms with van der Waals surface area (Å²) < 4.78 is 37.0. The maximum absolute atomic E-state index is 12.9. The average Bonchev–Trinajstić information content (AvgIpc) is 3.26. The fraction of sp³-hybridized carbons (Fsp3) is 0.261. The summed E-state index contributed by atoms with van der Waals surface area (Å²) in [7, 11) is 0. The molecule has 0 aliphatic heterocycles. The molecule has 0 spiro atoms. The van der Waals surface area contributed by atoms with Gasteiger partial charge >= 0.3 is 12.1 Å². The van der Waals surface area contributed by atoms with Crippen LogP contribution in [0.15, 0.2) is 71.6 Å². The van der Waals surface area contributed by atoms with Crippen molar-refractivity contribution in [3.05, 3.63) is 84.1 Å². The molecule has 0 atom stereocenters. The molecule has 0 saturated carbocycles. The Morgan fingerprint density at radius 2 is 1.66 bits per heavy atom. The molecule has 6 nitrogen and oxygen atoms in total. The largest absolute Gasteiger partial charge is 0.490 e. The molecular formula is C23H23F3N2O4. The van der Waals surface area contributed by atoms with Crippen LogP contribution in [0.4, 0.5) is 18.9 Å². The number of hydrogen-bond acceptors (Lipinski definition) is 4. The third-order valence-corrected chi connectivity index (χ3v) is 4.33. The molecule has 0 bridgehead atoms. The van der Waals surface area contributed by atoms with E-state index in [1.807, 2.05) is 24.3 Å². The maximum atomic E-state index is 12.9. The van der Waals surface area contributed by atoms with Gasteiger partial charge in [-0.3, -0.25) is 9.78 Å². The van der Waals surface area contributed by atoms with E-state index >= 15 is 0 Å². The third kappa shape index (κ3) is 6.97. The van der Waals surface area contributed by atoms with Crippen LogP contribution in [0.3, 0.4) is 0 Å². The highest BCUT2D eigenvalue weighted by atomic mass is 19.4. The number of carbonyl (C=O) groups excluding carboxylic acids is 1. The number of aliphatic carboxylic acids is 1. The lowest BCUT2D eigenvalue weighted by atomic mass is 9.87. The summed E-state index contributed by atoms with van der Waals surface area (Å²) in [5.74, 6) is -2.60. The quantitative estimate of drug-likeness (QED) is 0.574. The van der Waals surface area contributed by atoms with Gasteiger partial charge in [-0.2, -0.15) is 13.2 Å². The van der Waals surface area contributed by atoms with E-state index in [4.69, 9.17) is 14.3 Å². The second-order valence-electron chi connectivity index (χ2n) is 7.83. The van der Waals surface area contributed by atoms with Crippen LogP contribution in [0.2, 0.25) is 0 Å². The zero-order valence-electron chi connectivity index (χ0n) is 17.8. The van der Waals surface area contributed by atoms with Gasteiger partial charge in [0, 0.05) is 18.1 Å². The highest BCUT2D eigenvalue weighted by Crippen LogP contribution is 2.26. The molecule has 0 saturated heterocycles. The first-order chi connectivity index (χ1) is 14.9. The Bertz CT molecular complexity index is 1010. The molecule has 0 aliphatic rings. The molecule has 1 aromatic carbocycles. The van der Waals surface area contributed by atoms with Crippen molar-refractivity contribution in [2.75, 3.05) is 4.90 Å². The second-order valence-corrected chi connectivity index (χ2v) is 7.83. The van der Waals surface area contributed by atoms with Crippen LogP contribution in [0, 0.1) is 0 Å². The number of benzene rings is 1. The number of alkyl halides is 3. The Kier molecular flexibility index (Phi) is 7.80. The van der Waals surface area contributed by atoms with E-state index in [1.54, 1.807) is 29.4 Å². The fourth-order valence-electron chi connectivity index (χ4n) is 2.63. The second kappa shape index (κ2) is 10.1. The topological polar surface area (TPSA) is 83.6 Å². The Morgan fingerprint density at radius 1 is 1.03 bits per heavy atom. The fourth-order valence-corrected chi connectivity index (χ4v) is 2.63. The first-order valence-electron chi connectivity index (χ1n) is 9.54. The van der Waals surface area contributed by atoms with Crippen LogP contribution >= 0.6 is 0 Å². The lowest BCUT2D eigenvalue weighted by molar-refractivity contribution is -0.192. The summed E-state index contributed by atoms with van der Waals surface area (Å²) in [5, 5.41) is 7.12. The standard InChI is InChI=1S/C21H22N2O2.C2HF3O2/c1-21(2,3)17-8-10-18(11-9-17)23(15-16-6-4-12-22-14-16)20(24)19-7-5-13-25-19;3-2(4,5)1(6)7/h4-14H,15H2,1-3H3;(H,6,7). The number of halogens is 3. The van der Waals surface area contributed by atoms with E-state index < -0.39 is 12.1 Å². The number of rotatable bonds is 4. The van der Waals surface area contributed by atoms with Crippen molar-refractivity contribution >= 4 is 17.6 Å². The van der Waals surface area contributed by atoms with E-state index in [0.717, 1.165) is 11.3 Å². The Balaban J connectivity index is 0.000000451. The summed E-state index contributed by atoms with van der Waals surface area (Å²) in [6.45, 7) is 6.94. The first kappa shape index (κ1) is 24.6. The molecule has 32 heavy (non-hydrogen) atoms. The van der Waals surface area contributed by atoms with Crippen molar-refractivity contribution < 1.29 is 32.3 Å². The molecule has 0 unspecified atom stereocenters. The zero-order chi connectivity index (χ0) is 23.9. The van der Waals surface area contributed by atoms with Crippen LogP contribution < -0.4 is 4.90 Å². The number of amides is 1. The average molecular weight is 448 g/mol. The van der Waals surface area contributed by atoms with Gasteiger partial charge in [0.25, 0.3) is 5.91 Å². The molecule has 0 aliphatic carbocycles. The van der Waals surface area contributed by atoms with E-state index in [1.165, 1.54) is 11.8 Å². The number of furan rings is 1. The Hall–Kier alpha value is -3.62. The monoisotopic (exact) mass is 448 g/mol. The van der Waals surface area contributed by atoms with Crippen molar-refractivity contribution in [2.24, 2.45) is 0 Å². The van der Waals surface area contributed by atoms with E-state index in [9.17, 15) is 18.0 Å². The van der Waals surface area contributed by atoms with Gasteiger partial charge in [0.05, 0.1) is 12.8 Å². The molecule has 0 fully saturated rings. The van der Waals surface area contributed by atoms with Gasteiger partial charge in [0.1, 0.15) is 0 Å². The molecule has 1 N–H and O–H groups in total. The first-order valence-corrected chi connectivity index (χ1v) is 9.54. The molecule has 170 valence electrons. The summed E-state index contributed by atoms with van der Waals surface area (Å²) in [5.41, 5.74) is 3.08. The minimum atomic E-state index is -5.08. The minimum Gasteiger partial charge on any atom is -0.475 e. The summed E-state index contributed by atoms with van der Waals surface area (Å²) in [4.78, 5) is 27.6. The van der Waals surface area contributed by atoms with Crippen molar-refractivity contribution in [1.29, 1.82) is 0 Å².